The van der Waals surface area contributed by atoms with E-state index in [4.69, 9.17) is 9.47 Å². The van der Waals surface area contributed by atoms with Gasteiger partial charge >= 0.3 is 6.09 Å². The molecule has 0 bridgehead atoms. The average Bonchev–Trinajstić information content (AvgIpc) is 3.04. The Kier molecular flexibility index (Phi) is 13.9. The minimum Gasteiger partial charge on any atom is -0.508 e. The van der Waals surface area contributed by atoms with Crippen molar-refractivity contribution in [3.8, 4) is 11.5 Å². The van der Waals surface area contributed by atoms with Crippen molar-refractivity contribution in [2.75, 3.05) is 19.0 Å². The number of nitrogens with one attached hydrogen (secondary N) is 2. The maximum Gasteiger partial charge on any atom is 0.408 e. The van der Waals surface area contributed by atoms with E-state index in [2.05, 4.69) is 24.1 Å². The summed E-state index contributed by atoms with van der Waals surface area (Å²) in [5, 5.41) is 15.6. The van der Waals surface area contributed by atoms with E-state index in [1.807, 2.05) is 24.3 Å². The van der Waals surface area contributed by atoms with Gasteiger partial charge in [0.05, 0.1) is 7.11 Å². The van der Waals surface area contributed by atoms with Gasteiger partial charge in [-0.15, -0.1) is 0 Å². The van der Waals surface area contributed by atoms with Crippen LogP contribution in [0.15, 0.2) is 79.4 Å². The highest BCUT2D eigenvalue weighted by atomic mass is 16.6. The Labute approximate surface area is 279 Å². The summed E-state index contributed by atoms with van der Waals surface area (Å²) in [7, 11) is 1.57. The molecule has 0 saturated carbocycles. The molecule has 3 rings (SSSR count). The lowest BCUT2D eigenvalue weighted by molar-refractivity contribution is -0.140. The Morgan fingerprint density at radius 3 is 2.26 bits per heavy atom. The molecule has 2 unspecified atom stereocenters. The van der Waals surface area contributed by atoms with Crippen molar-refractivity contribution < 1.29 is 29.0 Å². The number of anilines is 1. The molecule has 9 heteroatoms. The number of carbonyl (C=O) groups excluding carboxylic acids is 3. The Hall–Kier alpha value is -4.79. The van der Waals surface area contributed by atoms with Crippen LogP contribution in [0.5, 0.6) is 11.5 Å². The van der Waals surface area contributed by atoms with Crippen molar-refractivity contribution in [3.63, 3.8) is 0 Å². The van der Waals surface area contributed by atoms with Crippen LogP contribution in [0.2, 0.25) is 0 Å². The van der Waals surface area contributed by atoms with E-state index < -0.39 is 35.6 Å². The number of nitrogens with zero attached hydrogens (tertiary/aromatic N) is 1. The minimum atomic E-state index is -1.07. The lowest BCUT2D eigenvalue weighted by atomic mass is 9.98. The van der Waals surface area contributed by atoms with Gasteiger partial charge in [-0.3, -0.25) is 9.59 Å². The molecule has 0 radical (unpaired) electrons. The van der Waals surface area contributed by atoms with Gasteiger partial charge in [0.1, 0.15) is 29.2 Å². The average molecular weight is 644 g/mol. The first-order valence-corrected chi connectivity index (χ1v) is 16.2. The van der Waals surface area contributed by atoms with Gasteiger partial charge in [-0.05, 0) is 86.3 Å². The van der Waals surface area contributed by atoms with Crippen LogP contribution in [0.4, 0.5) is 10.5 Å². The topological polar surface area (TPSA) is 117 Å². The molecule has 0 aliphatic carbocycles. The van der Waals surface area contributed by atoms with E-state index in [1.165, 1.54) is 12.1 Å². The zero-order valence-electron chi connectivity index (χ0n) is 28.3. The highest BCUT2D eigenvalue weighted by Crippen LogP contribution is 2.28. The van der Waals surface area contributed by atoms with Crippen molar-refractivity contribution in [2.24, 2.45) is 0 Å². The first kappa shape index (κ1) is 36.7. The highest BCUT2D eigenvalue weighted by molar-refractivity contribution is 5.99. The molecule has 252 valence electrons. The summed E-state index contributed by atoms with van der Waals surface area (Å²) in [6, 6.07) is 18.7. The minimum absolute atomic E-state index is 0.0859. The fraction of sp³-hybridized carbons (Fsp3) is 0.395. The number of hydrogen-bond donors (Lipinski definition) is 3. The highest BCUT2D eigenvalue weighted by Gasteiger charge is 2.36. The van der Waals surface area contributed by atoms with Crippen LogP contribution in [0.3, 0.4) is 0 Å². The van der Waals surface area contributed by atoms with Gasteiger partial charge in [0.2, 0.25) is 5.91 Å². The van der Waals surface area contributed by atoms with Crippen molar-refractivity contribution in [2.45, 2.75) is 83.9 Å². The third kappa shape index (κ3) is 11.8. The molecule has 2 atom stereocenters. The fourth-order valence-electron chi connectivity index (χ4n) is 5.18. The van der Waals surface area contributed by atoms with E-state index in [0.29, 0.717) is 29.0 Å². The predicted octanol–water partition coefficient (Wildman–Crippen LogP) is 7.66. The molecule has 3 aromatic rings. The summed E-state index contributed by atoms with van der Waals surface area (Å²) in [4.78, 5) is 43.7. The van der Waals surface area contributed by atoms with E-state index in [-0.39, 0.29) is 18.7 Å². The molecule has 47 heavy (non-hydrogen) atoms. The van der Waals surface area contributed by atoms with Crippen LogP contribution in [0, 0.1) is 0 Å². The number of amides is 3. The van der Waals surface area contributed by atoms with Crippen molar-refractivity contribution >= 4 is 29.7 Å². The summed E-state index contributed by atoms with van der Waals surface area (Å²) < 4.78 is 10.8. The molecule has 3 amide bonds. The molecule has 0 fully saturated rings. The van der Waals surface area contributed by atoms with E-state index in [1.54, 1.807) is 75.3 Å². The number of phenols is 1. The lowest BCUT2D eigenvalue weighted by Crippen LogP contribution is -2.53. The van der Waals surface area contributed by atoms with Gasteiger partial charge < -0.3 is 30.1 Å². The van der Waals surface area contributed by atoms with Gasteiger partial charge in [0.15, 0.2) is 0 Å². The first-order chi connectivity index (χ1) is 22.4. The Morgan fingerprint density at radius 1 is 0.957 bits per heavy atom. The summed E-state index contributed by atoms with van der Waals surface area (Å²) >= 11 is 0. The molecular formula is C38H49N3O6. The summed E-state index contributed by atoms with van der Waals surface area (Å²) in [6.45, 7) is 11.6. The molecule has 0 aromatic heterocycles. The van der Waals surface area contributed by atoms with E-state index in [0.717, 1.165) is 31.2 Å². The second-order valence-electron chi connectivity index (χ2n) is 12.5. The first-order valence-electron chi connectivity index (χ1n) is 16.2. The number of unbranched alkanes of at least 4 members (excludes halogenated alkanes) is 4. The van der Waals surface area contributed by atoms with Crippen molar-refractivity contribution in [1.82, 2.24) is 10.2 Å². The van der Waals surface area contributed by atoms with Gasteiger partial charge in [-0.25, -0.2) is 4.79 Å². The molecule has 0 aliphatic rings. The Bertz CT molecular complexity index is 1460. The van der Waals surface area contributed by atoms with Gasteiger partial charge in [-0.2, -0.15) is 0 Å². The molecule has 0 heterocycles. The smallest absolute Gasteiger partial charge is 0.408 e. The predicted molar refractivity (Wildman–Crippen MR) is 186 cm³/mol. The monoisotopic (exact) mass is 643 g/mol. The standard InChI is InChI=1S/C38H49N3O6/c1-7-9-10-11-12-24-41(36(44)33(40-37(45)47-38(3,4)5)26-28-16-20-31(42)21-17-28)34(29-15-13-14-27(8-2)25-29)35(43)39-30-18-22-32(46-6)23-19-30/h8,13-23,25,33-34,42H,2,7,9-12,24,26H2,1,3-6H3,(H,39,43)(H,40,45). The van der Waals surface area contributed by atoms with Crippen LogP contribution in [0.1, 0.15) is 82.5 Å². The fourth-order valence-corrected chi connectivity index (χ4v) is 5.18. The molecule has 0 aliphatic heterocycles. The zero-order chi connectivity index (χ0) is 34.4. The molecule has 0 saturated heterocycles. The molecule has 9 nitrogen and oxygen atoms in total. The summed E-state index contributed by atoms with van der Waals surface area (Å²) in [5.41, 5.74) is 1.88. The number of ether oxygens (including phenoxy) is 2. The SMILES string of the molecule is C=Cc1cccc(C(C(=O)Nc2ccc(OC)cc2)N(CCCCCCC)C(=O)C(Cc2ccc(O)cc2)NC(=O)OC(C)(C)C)c1. The number of phenolic OH excluding ortho intramolecular Hbond substituents is 1. The Balaban J connectivity index is 2.09. The Morgan fingerprint density at radius 2 is 1.64 bits per heavy atom. The number of rotatable bonds is 16. The van der Waals surface area contributed by atoms with Gasteiger partial charge in [0.25, 0.3) is 5.91 Å². The number of methoxy groups -OCH3 is 1. The summed E-state index contributed by atoms with van der Waals surface area (Å²) in [5.74, 6) is -0.104. The molecule has 3 N–H and O–H groups in total. The maximum absolute atomic E-state index is 14.7. The third-order valence-corrected chi connectivity index (χ3v) is 7.53. The van der Waals surface area contributed by atoms with Crippen LogP contribution >= 0.6 is 0 Å². The van der Waals surface area contributed by atoms with Crippen LogP contribution in [-0.4, -0.2) is 53.2 Å². The second-order valence-corrected chi connectivity index (χ2v) is 12.5. The quantitative estimate of drug-likeness (QED) is 0.138. The largest absolute Gasteiger partial charge is 0.508 e. The number of hydrogen-bond acceptors (Lipinski definition) is 6. The number of benzene rings is 3. The second kappa shape index (κ2) is 17.8. The van der Waals surface area contributed by atoms with E-state index in [9.17, 15) is 19.5 Å². The normalized spacial score (nSPS) is 12.4. The van der Waals surface area contributed by atoms with Crippen molar-refractivity contribution in [1.29, 1.82) is 0 Å². The number of alkyl carbamates (subject to hydrolysis) is 1. The van der Waals surface area contributed by atoms with Crippen molar-refractivity contribution in [3.05, 3.63) is 96.1 Å². The zero-order valence-corrected chi connectivity index (χ0v) is 28.3. The van der Waals surface area contributed by atoms with Crippen LogP contribution in [-0.2, 0) is 20.7 Å². The van der Waals surface area contributed by atoms with E-state index >= 15 is 0 Å². The number of aromatic hydroxyl groups is 1. The summed E-state index contributed by atoms with van der Waals surface area (Å²) in [6.07, 6.45) is 5.74. The maximum atomic E-state index is 14.7. The molecule has 3 aromatic carbocycles. The van der Waals surface area contributed by atoms with Gasteiger partial charge in [-0.1, -0.05) is 75.6 Å². The van der Waals surface area contributed by atoms with Crippen LogP contribution in [0.25, 0.3) is 6.08 Å². The number of carbonyl (C=O) groups is 3. The van der Waals surface area contributed by atoms with Crippen LogP contribution < -0.4 is 15.4 Å². The third-order valence-electron chi connectivity index (χ3n) is 7.53. The lowest BCUT2D eigenvalue weighted by Gasteiger charge is -2.35. The molecule has 0 spiro atoms. The molecular weight excluding hydrogens is 594 g/mol. The van der Waals surface area contributed by atoms with Gasteiger partial charge in [0, 0.05) is 18.7 Å².